The molecule has 3 nitrogen and oxygen atoms in total. The molecule has 1 aliphatic carbocycles. The van der Waals surface area contributed by atoms with E-state index in [1.54, 1.807) is 0 Å². The van der Waals surface area contributed by atoms with Crippen molar-refractivity contribution < 1.29 is 4.79 Å². The number of carbonyl (C=O) groups is 1. The van der Waals surface area contributed by atoms with Crippen LogP contribution in [-0.4, -0.2) is 11.4 Å². The van der Waals surface area contributed by atoms with E-state index in [0.29, 0.717) is 5.92 Å². The van der Waals surface area contributed by atoms with Gasteiger partial charge in [-0.15, -0.1) is 0 Å². The normalized spacial score (nSPS) is 27.1. The van der Waals surface area contributed by atoms with Crippen LogP contribution >= 0.6 is 0 Å². The van der Waals surface area contributed by atoms with Gasteiger partial charge in [0.15, 0.2) is 0 Å². The highest BCUT2D eigenvalue weighted by molar-refractivity contribution is 5.88. The Hall–Kier alpha value is -1.51. The number of hydrogen-bond acceptors (Lipinski definition) is 2. The summed E-state index contributed by atoms with van der Waals surface area (Å²) in [6.45, 7) is 4.23. The van der Waals surface area contributed by atoms with E-state index < -0.39 is 5.54 Å². The summed E-state index contributed by atoms with van der Waals surface area (Å²) in [6.07, 6.45) is 3.89. The molecule has 1 saturated carbocycles. The van der Waals surface area contributed by atoms with Gasteiger partial charge in [-0.2, -0.15) is 0 Å². The second kappa shape index (κ2) is 5.01. The van der Waals surface area contributed by atoms with Crippen LogP contribution in [0.2, 0.25) is 0 Å². The molecule has 3 heteroatoms. The Kier molecular flexibility index (Phi) is 3.60. The zero-order valence-corrected chi connectivity index (χ0v) is 11.2. The van der Waals surface area contributed by atoms with Gasteiger partial charge < -0.3 is 11.1 Å². The highest BCUT2D eigenvalue weighted by Crippen LogP contribution is 2.38. The number of carbonyl (C=O) groups excluding carboxylic acids is 1. The Morgan fingerprint density at radius 1 is 1.44 bits per heavy atom. The molecular weight excluding hydrogens is 224 g/mol. The lowest BCUT2D eigenvalue weighted by Gasteiger charge is -2.28. The van der Waals surface area contributed by atoms with Crippen molar-refractivity contribution in [1.82, 2.24) is 0 Å². The summed E-state index contributed by atoms with van der Waals surface area (Å²) >= 11 is 0. The Morgan fingerprint density at radius 3 is 2.61 bits per heavy atom. The summed E-state index contributed by atoms with van der Waals surface area (Å²) in [5.74, 6) is 0.384. The average molecular weight is 246 g/mol. The van der Waals surface area contributed by atoms with Crippen molar-refractivity contribution in [2.24, 2.45) is 11.7 Å². The first-order chi connectivity index (χ1) is 8.55. The van der Waals surface area contributed by atoms with Gasteiger partial charge in [0.25, 0.3) is 0 Å². The molecule has 0 aliphatic heterocycles. The smallest absolute Gasteiger partial charge is 0.243 e. The number of amides is 1. The molecule has 2 unspecified atom stereocenters. The van der Waals surface area contributed by atoms with Gasteiger partial charge in [0.05, 0.1) is 0 Å². The summed E-state index contributed by atoms with van der Waals surface area (Å²) in [5, 5.41) is 3.37. The van der Waals surface area contributed by atoms with Crippen molar-refractivity contribution in [2.45, 2.75) is 45.1 Å². The van der Waals surface area contributed by atoms with Gasteiger partial charge in [0.1, 0.15) is 5.54 Å². The van der Waals surface area contributed by atoms with Crippen molar-refractivity contribution in [2.75, 3.05) is 5.32 Å². The Labute approximate surface area is 109 Å². The van der Waals surface area contributed by atoms with E-state index in [-0.39, 0.29) is 5.91 Å². The van der Waals surface area contributed by atoms with Crippen molar-refractivity contribution >= 4 is 11.6 Å². The van der Waals surface area contributed by atoms with Crippen molar-refractivity contribution in [3.63, 3.8) is 0 Å². The summed E-state index contributed by atoms with van der Waals surface area (Å²) in [4.78, 5) is 11.8. The number of benzene rings is 1. The monoisotopic (exact) mass is 246 g/mol. The van der Waals surface area contributed by atoms with E-state index in [1.165, 1.54) is 5.56 Å². The number of anilines is 1. The van der Waals surface area contributed by atoms with Gasteiger partial charge in [-0.05, 0) is 44.2 Å². The van der Waals surface area contributed by atoms with E-state index in [1.807, 2.05) is 24.3 Å². The molecule has 2 rings (SSSR count). The number of primary amides is 1. The molecule has 0 radical (unpaired) electrons. The number of aryl methyl sites for hydroxylation is 1. The molecule has 3 N–H and O–H groups in total. The van der Waals surface area contributed by atoms with Gasteiger partial charge in [-0.25, -0.2) is 0 Å². The summed E-state index contributed by atoms with van der Waals surface area (Å²) in [6, 6.07) is 8.12. The van der Waals surface area contributed by atoms with Gasteiger partial charge in [-0.3, -0.25) is 4.79 Å². The molecule has 1 aliphatic rings. The molecule has 1 amide bonds. The highest BCUT2D eigenvalue weighted by atomic mass is 16.1. The maximum absolute atomic E-state index is 11.8. The van der Waals surface area contributed by atoms with E-state index in [4.69, 9.17) is 5.73 Å². The largest absolute Gasteiger partial charge is 0.371 e. The van der Waals surface area contributed by atoms with Crippen LogP contribution in [0, 0.1) is 12.8 Å². The Balaban J connectivity index is 2.17. The van der Waals surface area contributed by atoms with Crippen LogP contribution in [0.4, 0.5) is 5.69 Å². The lowest BCUT2D eigenvalue weighted by atomic mass is 9.93. The third kappa shape index (κ3) is 2.50. The van der Waals surface area contributed by atoms with Crippen LogP contribution in [0.1, 0.15) is 38.2 Å². The third-order valence-corrected chi connectivity index (χ3v) is 4.10. The standard InChI is InChI=1S/C15H22N2O/c1-3-12-8-9-15(10-12,14(16)18)17-13-6-4-11(2)5-7-13/h4-7,12,17H,3,8-10H2,1-2H3,(H2,16,18). The van der Waals surface area contributed by atoms with Gasteiger partial charge in [0.2, 0.25) is 5.91 Å². The molecule has 18 heavy (non-hydrogen) atoms. The molecule has 1 aromatic rings. The second-order valence-corrected chi connectivity index (χ2v) is 5.45. The average Bonchev–Trinajstić information content (AvgIpc) is 2.77. The lowest BCUT2D eigenvalue weighted by molar-refractivity contribution is -0.122. The van der Waals surface area contributed by atoms with Gasteiger partial charge in [0, 0.05) is 5.69 Å². The molecule has 1 aromatic carbocycles. The first-order valence-electron chi connectivity index (χ1n) is 6.70. The number of rotatable bonds is 4. The minimum Gasteiger partial charge on any atom is -0.371 e. The van der Waals surface area contributed by atoms with Crippen LogP contribution in [0.15, 0.2) is 24.3 Å². The summed E-state index contributed by atoms with van der Waals surface area (Å²) in [5.41, 5.74) is 7.28. The fourth-order valence-corrected chi connectivity index (χ4v) is 2.81. The maximum atomic E-state index is 11.8. The van der Waals surface area contributed by atoms with E-state index in [2.05, 4.69) is 19.2 Å². The lowest BCUT2D eigenvalue weighted by Crippen LogP contribution is -2.48. The second-order valence-electron chi connectivity index (χ2n) is 5.45. The van der Waals surface area contributed by atoms with Crippen LogP contribution < -0.4 is 11.1 Å². The molecule has 98 valence electrons. The minimum absolute atomic E-state index is 0.223. The molecule has 0 heterocycles. The van der Waals surface area contributed by atoms with E-state index in [0.717, 1.165) is 31.4 Å². The molecule has 0 saturated heterocycles. The maximum Gasteiger partial charge on any atom is 0.243 e. The summed E-state index contributed by atoms with van der Waals surface area (Å²) < 4.78 is 0. The SMILES string of the molecule is CCC1CCC(Nc2ccc(C)cc2)(C(N)=O)C1. The number of hydrogen-bond donors (Lipinski definition) is 2. The van der Waals surface area contributed by atoms with E-state index >= 15 is 0 Å². The van der Waals surface area contributed by atoms with Crippen LogP contribution in [0.3, 0.4) is 0 Å². The predicted molar refractivity (Wildman–Crippen MR) is 74.4 cm³/mol. The Bertz CT molecular complexity index is 427. The Morgan fingerprint density at radius 2 is 2.11 bits per heavy atom. The van der Waals surface area contributed by atoms with Crippen LogP contribution in [-0.2, 0) is 4.79 Å². The molecular formula is C15H22N2O. The molecule has 1 fully saturated rings. The van der Waals surface area contributed by atoms with Crippen LogP contribution in [0.5, 0.6) is 0 Å². The van der Waals surface area contributed by atoms with Crippen molar-refractivity contribution in [1.29, 1.82) is 0 Å². The highest BCUT2D eigenvalue weighted by Gasteiger charge is 2.43. The fraction of sp³-hybridized carbons (Fsp3) is 0.533. The quantitative estimate of drug-likeness (QED) is 0.858. The van der Waals surface area contributed by atoms with Gasteiger partial charge in [-0.1, -0.05) is 31.0 Å². The first kappa shape index (κ1) is 12.9. The predicted octanol–water partition coefficient (Wildman–Crippen LogP) is 2.84. The fourth-order valence-electron chi connectivity index (χ4n) is 2.81. The number of nitrogens with two attached hydrogens (primary N) is 1. The first-order valence-corrected chi connectivity index (χ1v) is 6.70. The third-order valence-electron chi connectivity index (χ3n) is 4.10. The van der Waals surface area contributed by atoms with Crippen LogP contribution in [0.25, 0.3) is 0 Å². The van der Waals surface area contributed by atoms with Crippen molar-refractivity contribution in [3.8, 4) is 0 Å². The molecule has 2 atom stereocenters. The summed E-state index contributed by atoms with van der Waals surface area (Å²) in [7, 11) is 0. The molecule has 0 aromatic heterocycles. The zero-order valence-electron chi connectivity index (χ0n) is 11.2. The molecule has 0 spiro atoms. The van der Waals surface area contributed by atoms with E-state index in [9.17, 15) is 4.79 Å². The van der Waals surface area contributed by atoms with Crippen molar-refractivity contribution in [3.05, 3.63) is 29.8 Å². The zero-order chi connectivity index (χ0) is 13.2. The van der Waals surface area contributed by atoms with Gasteiger partial charge >= 0.3 is 0 Å². The number of nitrogens with one attached hydrogen (secondary N) is 1. The molecule has 0 bridgehead atoms. The minimum atomic E-state index is -0.546. The topological polar surface area (TPSA) is 55.1 Å².